The lowest BCUT2D eigenvalue weighted by Gasteiger charge is -2.36. The SMILES string of the molecule is CC(C)C(CO)Nc1nc(N2CCN(c3cc(Cl)n[nH]c3=O)CC2)nc2c1S(=O)CC2. The van der Waals surface area contributed by atoms with Crippen molar-refractivity contribution in [2.75, 3.05) is 53.7 Å². The molecule has 2 aromatic rings. The summed E-state index contributed by atoms with van der Waals surface area (Å²) in [6.07, 6.45) is 0.641. The van der Waals surface area contributed by atoms with Crippen molar-refractivity contribution in [3.63, 3.8) is 0 Å². The molecule has 31 heavy (non-hydrogen) atoms. The van der Waals surface area contributed by atoms with Gasteiger partial charge in [-0.05, 0) is 5.92 Å². The Morgan fingerprint density at radius 3 is 2.65 bits per heavy atom. The first kappa shape index (κ1) is 22.0. The van der Waals surface area contributed by atoms with Gasteiger partial charge in [-0.25, -0.2) is 10.1 Å². The van der Waals surface area contributed by atoms with Crippen LogP contribution in [0.2, 0.25) is 5.15 Å². The van der Waals surface area contributed by atoms with Crippen LogP contribution in [0.5, 0.6) is 0 Å². The summed E-state index contributed by atoms with van der Waals surface area (Å²) in [7, 11) is -1.14. The number of nitrogens with zero attached hydrogens (tertiary/aromatic N) is 5. The smallest absolute Gasteiger partial charge is 0.287 e. The van der Waals surface area contributed by atoms with Crippen molar-refractivity contribution in [2.24, 2.45) is 5.92 Å². The van der Waals surface area contributed by atoms with Crippen molar-refractivity contribution in [2.45, 2.75) is 31.2 Å². The van der Waals surface area contributed by atoms with E-state index in [9.17, 15) is 14.1 Å². The Morgan fingerprint density at radius 2 is 1.97 bits per heavy atom. The molecular weight excluding hydrogens is 442 g/mol. The van der Waals surface area contributed by atoms with E-state index in [2.05, 4.69) is 20.4 Å². The number of H-pyrrole nitrogens is 1. The molecule has 4 heterocycles. The van der Waals surface area contributed by atoms with E-state index in [0.29, 0.717) is 60.7 Å². The second kappa shape index (κ2) is 9.09. The topological polar surface area (TPSA) is 127 Å². The molecule has 2 aliphatic rings. The molecule has 0 aromatic carbocycles. The number of aromatic nitrogens is 4. The summed E-state index contributed by atoms with van der Waals surface area (Å²) in [5, 5.41) is 19.4. The largest absolute Gasteiger partial charge is 0.394 e. The third kappa shape index (κ3) is 4.53. The van der Waals surface area contributed by atoms with Gasteiger partial charge >= 0.3 is 0 Å². The Morgan fingerprint density at radius 1 is 1.26 bits per heavy atom. The molecular formula is C19H26ClN7O3S. The summed E-state index contributed by atoms with van der Waals surface area (Å²) in [6.45, 7) is 6.43. The van der Waals surface area contributed by atoms with E-state index in [0.717, 1.165) is 5.69 Å². The van der Waals surface area contributed by atoms with E-state index in [1.807, 2.05) is 18.7 Å². The van der Waals surface area contributed by atoms with E-state index in [1.165, 1.54) is 0 Å². The highest BCUT2D eigenvalue weighted by molar-refractivity contribution is 7.85. The lowest BCUT2D eigenvalue weighted by Crippen LogP contribution is -2.48. The molecule has 3 N–H and O–H groups in total. The molecule has 0 bridgehead atoms. The summed E-state index contributed by atoms with van der Waals surface area (Å²) in [6, 6.07) is 1.38. The third-order valence-corrected chi connectivity index (χ3v) is 7.31. The number of aryl methyl sites for hydroxylation is 1. The molecule has 2 aliphatic heterocycles. The third-order valence-electron chi connectivity index (χ3n) is 5.66. The van der Waals surface area contributed by atoms with Gasteiger partial charge in [-0.1, -0.05) is 25.4 Å². The molecule has 0 spiro atoms. The first-order valence-electron chi connectivity index (χ1n) is 10.3. The fraction of sp³-hybridized carbons (Fsp3) is 0.579. The first-order valence-corrected chi connectivity index (χ1v) is 12.0. The van der Waals surface area contributed by atoms with Gasteiger partial charge in [-0.2, -0.15) is 10.1 Å². The van der Waals surface area contributed by atoms with Crippen LogP contribution in [0, 0.1) is 5.92 Å². The molecule has 0 amide bonds. The molecule has 4 rings (SSSR count). The van der Waals surface area contributed by atoms with Crippen LogP contribution < -0.4 is 20.7 Å². The number of nitrogens with one attached hydrogen (secondary N) is 2. The predicted octanol–water partition coefficient (Wildman–Crippen LogP) is 0.632. The highest BCUT2D eigenvalue weighted by Crippen LogP contribution is 2.31. The van der Waals surface area contributed by atoms with Crippen LogP contribution in [0.15, 0.2) is 15.8 Å². The van der Waals surface area contributed by atoms with Crippen molar-refractivity contribution >= 4 is 39.9 Å². The monoisotopic (exact) mass is 467 g/mol. The van der Waals surface area contributed by atoms with E-state index in [1.54, 1.807) is 6.07 Å². The number of rotatable bonds is 6. The van der Waals surface area contributed by atoms with Crippen molar-refractivity contribution in [3.05, 3.63) is 27.3 Å². The van der Waals surface area contributed by atoms with Crippen molar-refractivity contribution in [1.29, 1.82) is 0 Å². The van der Waals surface area contributed by atoms with Gasteiger partial charge in [0.25, 0.3) is 5.56 Å². The molecule has 2 aromatic heterocycles. The Hall–Kier alpha value is -2.24. The second-order valence-corrected chi connectivity index (χ2v) is 9.90. The van der Waals surface area contributed by atoms with Gasteiger partial charge in [0.05, 0.1) is 29.1 Å². The quantitative estimate of drug-likeness (QED) is 0.560. The van der Waals surface area contributed by atoms with Gasteiger partial charge in [0.15, 0.2) is 5.15 Å². The number of hydrogen-bond donors (Lipinski definition) is 3. The minimum absolute atomic E-state index is 0.0415. The molecule has 0 saturated carbocycles. The first-order chi connectivity index (χ1) is 14.9. The molecule has 0 radical (unpaired) electrons. The zero-order valence-electron chi connectivity index (χ0n) is 17.5. The van der Waals surface area contributed by atoms with Crippen molar-refractivity contribution in [1.82, 2.24) is 20.2 Å². The fourth-order valence-electron chi connectivity index (χ4n) is 3.78. The summed E-state index contributed by atoms with van der Waals surface area (Å²) in [5.41, 5.74) is 1.02. The molecule has 2 unspecified atom stereocenters. The van der Waals surface area contributed by atoms with Gasteiger partial charge in [0, 0.05) is 44.4 Å². The van der Waals surface area contributed by atoms with Crippen LogP contribution in [-0.2, 0) is 17.2 Å². The lowest BCUT2D eigenvalue weighted by molar-refractivity contribution is 0.249. The van der Waals surface area contributed by atoms with Crippen LogP contribution in [-0.4, -0.2) is 74.1 Å². The van der Waals surface area contributed by atoms with E-state index >= 15 is 0 Å². The highest BCUT2D eigenvalue weighted by Gasteiger charge is 2.30. The summed E-state index contributed by atoms with van der Waals surface area (Å²) >= 11 is 5.93. The number of piperazine rings is 1. The molecule has 10 nitrogen and oxygen atoms in total. The minimum Gasteiger partial charge on any atom is -0.394 e. The number of aliphatic hydroxyl groups excluding tert-OH is 1. The van der Waals surface area contributed by atoms with Crippen LogP contribution in [0.4, 0.5) is 17.5 Å². The zero-order chi connectivity index (χ0) is 22.1. The molecule has 1 saturated heterocycles. The van der Waals surface area contributed by atoms with E-state index in [-0.39, 0.29) is 29.3 Å². The maximum absolute atomic E-state index is 12.5. The minimum atomic E-state index is -1.14. The van der Waals surface area contributed by atoms with Gasteiger partial charge < -0.3 is 20.2 Å². The maximum atomic E-state index is 12.5. The number of hydrogen-bond acceptors (Lipinski definition) is 9. The van der Waals surface area contributed by atoms with Crippen molar-refractivity contribution in [3.8, 4) is 0 Å². The van der Waals surface area contributed by atoms with E-state index < -0.39 is 10.8 Å². The molecule has 1 fully saturated rings. The zero-order valence-corrected chi connectivity index (χ0v) is 19.0. The summed E-state index contributed by atoms with van der Waals surface area (Å²) in [5.74, 6) is 1.83. The van der Waals surface area contributed by atoms with Gasteiger partial charge in [-0.15, -0.1) is 0 Å². The Labute approximate surface area is 187 Å². The fourth-order valence-corrected chi connectivity index (χ4v) is 5.24. The highest BCUT2D eigenvalue weighted by atomic mass is 35.5. The normalized spacial score (nSPS) is 19.6. The standard InChI is InChI=1S/C19H26ClN7O3S/c1-11(2)13(10-28)21-17-16-12(3-8-31(16)30)22-19(23-17)27-6-4-26(5-7-27)14-9-15(20)24-25-18(14)29/h9,11,13,28H,3-8,10H2,1-2H3,(H,25,29)(H,21,22,23). The Kier molecular flexibility index (Phi) is 6.44. The van der Waals surface area contributed by atoms with Gasteiger partial charge in [-0.3, -0.25) is 9.00 Å². The lowest BCUT2D eigenvalue weighted by atomic mass is 10.1. The average Bonchev–Trinajstić information content (AvgIpc) is 3.14. The summed E-state index contributed by atoms with van der Waals surface area (Å²) in [4.78, 5) is 26.2. The molecule has 168 valence electrons. The van der Waals surface area contributed by atoms with Crippen molar-refractivity contribution < 1.29 is 9.32 Å². The number of aromatic amines is 1. The molecule has 12 heteroatoms. The number of anilines is 3. The second-order valence-electron chi connectivity index (χ2n) is 8.00. The number of halogens is 1. The Balaban J connectivity index is 1.56. The van der Waals surface area contributed by atoms with Crippen LogP contribution >= 0.6 is 11.6 Å². The summed E-state index contributed by atoms with van der Waals surface area (Å²) < 4.78 is 12.5. The molecule has 0 aliphatic carbocycles. The molecule has 2 atom stereocenters. The van der Waals surface area contributed by atoms with E-state index in [4.69, 9.17) is 21.6 Å². The van der Waals surface area contributed by atoms with Gasteiger partial charge in [0.2, 0.25) is 5.95 Å². The number of aliphatic hydroxyl groups is 1. The van der Waals surface area contributed by atoms with Crippen LogP contribution in [0.1, 0.15) is 19.5 Å². The predicted molar refractivity (Wildman–Crippen MR) is 121 cm³/mol. The van der Waals surface area contributed by atoms with Gasteiger partial charge in [0.1, 0.15) is 16.4 Å². The van der Waals surface area contributed by atoms with Crippen LogP contribution in [0.3, 0.4) is 0 Å². The Bertz CT molecular complexity index is 1040. The average molecular weight is 468 g/mol. The number of fused-ring (bicyclic) bond motifs is 1. The maximum Gasteiger partial charge on any atom is 0.287 e. The van der Waals surface area contributed by atoms with Crippen LogP contribution in [0.25, 0.3) is 0 Å².